The van der Waals surface area contributed by atoms with E-state index in [1.165, 1.54) is 0 Å². The summed E-state index contributed by atoms with van der Waals surface area (Å²) in [7, 11) is 0. The highest BCUT2D eigenvalue weighted by atomic mass is 127. The molecule has 3 aromatic rings. The first kappa shape index (κ1) is 24.2. The molecule has 0 saturated heterocycles. The molecule has 10 heteroatoms. The first-order chi connectivity index (χ1) is 15.3. The Kier molecular flexibility index (Phi) is 8.62. The molecule has 6 nitrogen and oxygen atoms in total. The highest BCUT2D eigenvalue weighted by Crippen LogP contribution is 2.31. The minimum atomic E-state index is -1.25. The van der Waals surface area contributed by atoms with E-state index in [4.69, 9.17) is 21.2 Å². The summed E-state index contributed by atoms with van der Waals surface area (Å²) in [6, 6.07) is 15.7. The first-order valence-corrected chi connectivity index (χ1v) is 10.8. The van der Waals surface area contributed by atoms with Gasteiger partial charge in [0, 0.05) is 3.57 Å². The van der Waals surface area contributed by atoms with Gasteiger partial charge < -0.3 is 15.2 Å². The van der Waals surface area contributed by atoms with E-state index < -0.39 is 29.3 Å². The molecule has 0 aliphatic carbocycles. The quantitative estimate of drug-likeness (QED) is 0.246. The lowest BCUT2D eigenvalue weighted by atomic mass is 10.1. The third kappa shape index (κ3) is 6.52. The summed E-state index contributed by atoms with van der Waals surface area (Å²) < 4.78 is 34.5. The molecule has 0 spiro atoms. The number of aliphatic hydroxyl groups is 1. The highest BCUT2D eigenvalue weighted by molar-refractivity contribution is 14.1. The van der Waals surface area contributed by atoms with Crippen LogP contribution >= 0.6 is 34.2 Å². The summed E-state index contributed by atoms with van der Waals surface area (Å²) in [5.74, 6) is -2.66. The number of nitrogens with one attached hydrogen (secondary N) is 2. The average Bonchev–Trinajstić information content (AvgIpc) is 2.78. The highest BCUT2D eigenvalue weighted by Gasteiger charge is 2.20. The van der Waals surface area contributed by atoms with Crippen molar-refractivity contribution in [1.82, 2.24) is 5.48 Å². The zero-order chi connectivity index (χ0) is 23.1. The van der Waals surface area contributed by atoms with Crippen LogP contribution in [0, 0.1) is 15.2 Å². The van der Waals surface area contributed by atoms with E-state index in [1.54, 1.807) is 42.5 Å². The number of anilines is 2. The Morgan fingerprint density at radius 3 is 2.56 bits per heavy atom. The largest absolute Gasteiger partial charge is 0.491 e. The van der Waals surface area contributed by atoms with Gasteiger partial charge in [0.2, 0.25) is 0 Å². The third-order valence-electron chi connectivity index (χ3n) is 4.16. The van der Waals surface area contributed by atoms with Crippen LogP contribution in [0.3, 0.4) is 0 Å². The number of rotatable bonds is 9. The second-order valence-corrected chi connectivity index (χ2v) is 8.21. The normalized spacial score (nSPS) is 11.7. The number of carbonyl (C=O) groups excluding carboxylic acids is 1. The standard InChI is InChI=1S/C22H18ClF2IN2O4/c23-17-10-13(26)6-9-19(17)27-21-16(7-8-18(24)20(21)25)22(30)28-32-12-14(29)11-31-15-4-2-1-3-5-15/h1-10,14,27,29H,11-12H2,(H,28,30). The lowest BCUT2D eigenvalue weighted by molar-refractivity contribution is -0.0259. The Hall–Kier alpha value is -2.47. The SMILES string of the molecule is O=C(NOCC(O)COc1ccccc1)c1ccc(F)c(F)c1Nc1ccc(I)cc1Cl. The molecule has 1 amide bonds. The van der Waals surface area contributed by atoms with Gasteiger partial charge in [-0.3, -0.25) is 9.63 Å². The molecule has 3 N–H and O–H groups in total. The molecule has 3 aromatic carbocycles. The maximum atomic E-state index is 14.5. The Labute approximate surface area is 201 Å². The van der Waals surface area contributed by atoms with Crippen molar-refractivity contribution in [2.75, 3.05) is 18.5 Å². The molecule has 0 saturated carbocycles. The van der Waals surface area contributed by atoms with Gasteiger partial charge in [-0.15, -0.1) is 0 Å². The summed E-state index contributed by atoms with van der Waals surface area (Å²) in [5.41, 5.74) is 1.78. The van der Waals surface area contributed by atoms with Gasteiger partial charge in [0.25, 0.3) is 5.91 Å². The maximum absolute atomic E-state index is 14.5. The maximum Gasteiger partial charge on any atom is 0.277 e. The monoisotopic (exact) mass is 574 g/mol. The molecule has 0 fully saturated rings. The molecule has 0 heterocycles. The summed E-state index contributed by atoms with van der Waals surface area (Å²) >= 11 is 8.20. The lowest BCUT2D eigenvalue weighted by Crippen LogP contribution is -2.31. The smallest absolute Gasteiger partial charge is 0.277 e. The fraction of sp³-hybridized carbons (Fsp3) is 0.136. The molecule has 1 atom stereocenters. The van der Waals surface area contributed by atoms with E-state index in [1.807, 2.05) is 6.07 Å². The van der Waals surface area contributed by atoms with Gasteiger partial charge in [0.15, 0.2) is 11.6 Å². The Balaban J connectivity index is 1.62. The van der Waals surface area contributed by atoms with Crippen molar-refractivity contribution in [2.45, 2.75) is 6.10 Å². The number of ether oxygens (including phenoxy) is 1. The molecule has 32 heavy (non-hydrogen) atoms. The zero-order valence-corrected chi connectivity index (χ0v) is 19.4. The van der Waals surface area contributed by atoms with Crippen LogP contribution in [0.1, 0.15) is 10.4 Å². The van der Waals surface area contributed by atoms with Gasteiger partial charge in [0.1, 0.15) is 25.1 Å². The number of hydrogen-bond acceptors (Lipinski definition) is 5. The predicted octanol–water partition coefficient (Wildman–Crippen LogP) is 5.07. The number of aliphatic hydroxyl groups excluding tert-OH is 1. The average molecular weight is 575 g/mol. The van der Waals surface area contributed by atoms with Crippen LogP contribution < -0.4 is 15.5 Å². The molecule has 0 aliphatic rings. The molecular formula is C22H18ClF2IN2O4. The van der Waals surface area contributed by atoms with E-state index >= 15 is 0 Å². The molecule has 0 aliphatic heterocycles. The van der Waals surface area contributed by atoms with Gasteiger partial charge in [-0.05, 0) is 65.1 Å². The molecule has 3 rings (SSSR count). The second kappa shape index (κ2) is 11.4. The Morgan fingerprint density at radius 1 is 1.09 bits per heavy atom. The van der Waals surface area contributed by atoms with Gasteiger partial charge in [-0.25, -0.2) is 14.3 Å². The molecule has 0 aromatic heterocycles. The zero-order valence-electron chi connectivity index (χ0n) is 16.4. The third-order valence-corrected chi connectivity index (χ3v) is 5.14. The van der Waals surface area contributed by atoms with Crippen LogP contribution in [0.2, 0.25) is 5.02 Å². The second-order valence-electron chi connectivity index (χ2n) is 6.55. The van der Waals surface area contributed by atoms with Crippen LogP contribution in [-0.2, 0) is 4.84 Å². The van der Waals surface area contributed by atoms with Crippen molar-refractivity contribution in [3.05, 3.63) is 86.5 Å². The van der Waals surface area contributed by atoms with Crippen molar-refractivity contribution in [1.29, 1.82) is 0 Å². The minimum absolute atomic E-state index is 0.0663. The number of amides is 1. The van der Waals surface area contributed by atoms with Crippen molar-refractivity contribution >= 4 is 51.5 Å². The lowest BCUT2D eigenvalue weighted by Gasteiger charge is -2.16. The number of carbonyl (C=O) groups is 1. The topological polar surface area (TPSA) is 79.8 Å². The number of hydrogen-bond donors (Lipinski definition) is 3. The number of benzene rings is 3. The Bertz CT molecular complexity index is 1090. The van der Waals surface area contributed by atoms with Crippen molar-refractivity contribution < 1.29 is 28.3 Å². The van der Waals surface area contributed by atoms with E-state index in [-0.39, 0.29) is 23.8 Å². The summed E-state index contributed by atoms with van der Waals surface area (Å²) in [5, 5.41) is 12.9. The van der Waals surface area contributed by atoms with Crippen LogP contribution in [-0.4, -0.2) is 30.3 Å². The minimum Gasteiger partial charge on any atom is -0.491 e. The fourth-order valence-corrected chi connectivity index (χ4v) is 3.51. The molecule has 168 valence electrons. The van der Waals surface area contributed by atoms with E-state index in [2.05, 4.69) is 33.4 Å². The van der Waals surface area contributed by atoms with E-state index in [0.717, 1.165) is 15.7 Å². The van der Waals surface area contributed by atoms with Gasteiger partial charge in [-0.1, -0.05) is 29.8 Å². The summed E-state index contributed by atoms with van der Waals surface area (Å²) in [6.07, 6.45) is -1.04. The van der Waals surface area contributed by atoms with Crippen LogP contribution in [0.5, 0.6) is 5.75 Å². The van der Waals surface area contributed by atoms with Crippen LogP contribution in [0.15, 0.2) is 60.7 Å². The number of para-hydroxylation sites is 1. The Morgan fingerprint density at radius 2 is 1.84 bits per heavy atom. The van der Waals surface area contributed by atoms with Crippen molar-refractivity contribution in [3.8, 4) is 5.75 Å². The van der Waals surface area contributed by atoms with E-state index in [0.29, 0.717) is 11.4 Å². The van der Waals surface area contributed by atoms with Gasteiger partial charge in [-0.2, -0.15) is 0 Å². The number of halogens is 4. The van der Waals surface area contributed by atoms with Crippen molar-refractivity contribution in [2.24, 2.45) is 0 Å². The molecule has 1 unspecified atom stereocenters. The molecule has 0 bridgehead atoms. The first-order valence-electron chi connectivity index (χ1n) is 9.33. The molecular weight excluding hydrogens is 557 g/mol. The van der Waals surface area contributed by atoms with Crippen LogP contribution in [0.4, 0.5) is 20.2 Å². The molecule has 0 radical (unpaired) electrons. The number of hydroxylamine groups is 1. The van der Waals surface area contributed by atoms with Crippen LogP contribution in [0.25, 0.3) is 0 Å². The fourth-order valence-electron chi connectivity index (χ4n) is 2.60. The van der Waals surface area contributed by atoms with Gasteiger partial charge >= 0.3 is 0 Å². The summed E-state index contributed by atoms with van der Waals surface area (Å²) in [6.45, 7) is -0.350. The summed E-state index contributed by atoms with van der Waals surface area (Å²) in [4.78, 5) is 17.5. The van der Waals surface area contributed by atoms with Gasteiger partial charge in [0.05, 0.1) is 22.0 Å². The van der Waals surface area contributed by atoms with Crippen molar-refractivity contribution in [3.63, 3.8) is 0 Å². The van der Waals surface area contributed by atoms with E-state index in [9.17, 15) is 18.7 Å². The predicted molar refractivity (Wildman–Crippen MR) is 125 cm³/mol.